The first-order valence-corrected chi connectivity index (χ1v) is 7.90. The maximum atomic E-state index is 12.4. The summed E-state index contributed by atoms with van der Waals surface area (Å²) in [6.07, 6.45) is 5.59. The zero-order chi connectivity index (χ0) is 16.1. The van der Waals surface area contributed by atoms with Crippen LogP contribution in [0, 0.1) is 0 Å². The van der Waals surface area contributed by atoms with Crippen LogP contribution in [0.3, 0.4) is 0 Å². The first-order chi connectivity index (χ1) is 11.1. The lowest BCUT2D eigenvalue weighted by Gasteiger charge is -2.20. The fraction of sp³-hybridized carbons (Fsp3) is 0.438. The molecule has 2 fully saturated rings. The van der Waals surface area contributed by atoms with Crippen molar-refractivity contribution in [2.75, 3.05) is 23.7 Å². The van der Waals surface area contributed by atoms with E-state index in [2.05, 4.69) is 9.88 Å². The lowest BCUT2D eigenvalue weighted by atomic mass is 10.1. The number of rotatable bonds is 3. The van der Waals surface area contributed by atoms with Crippen molar-refractivity contribution in [1.29, 1.82) is 0 Å². The van der Waals surface area contributed by atoms with Crippen molar-refractivity contribution in [2.45, 2.75) is 31.7 Å². The number of carboxylic acid groups (broad SMARTS) is 1. The van der Waals surface area contributed by atoms with Crippen molar-refractivity contribution in [1.82, 2.24) is 9.55 Å². The predicted octanol–water partition coefficient (Wildman–Crippen LogP) is 1.61. The summed E-state index contributed by atoms with van der Waals surface area (Å²) in [5.74, 6) is -0.514. The van der Waals surface area contributed by atoms with Crippen LogP contribution >= 0.6 is 0 Å². The van der Waals surface area contributed by atoms with Crippen molar-refractivity contribution in [3.63, 3.8) is 0 Å². The van der Waals surface area contributed by atoms with Crippen molar-refractivity contribution < 1.29 is 9.90 Å². The largest absolute Gasteiger partial charge is 0.477 e. The third-order valence-corrected chi connectivity index (χ3v) is 4.59. The molecule has 0 radical (unpaired) electrons. The van der Waals surface area contributed by atoms with E-state index >= 15 is 0 Å². The highest BCUT2D eigenvalue weighted by Crippen LogP contribution is 2.37. The van der Waals surface area contributed by atoms with Gasteiger partial charge in [0.25, 0.3) is 0 Å². The van der Waals surface area contributed by atoms with Gasteiger partial charge in [-0.1, -0.05) is 0 Å². The number of nitrogens with zero attached hydrogens (tertiary/aromatic N) is 3. The Hall–Kier alpha value is -2.57. The molecule has 0 spiro atoms. The summed E-state index contributed by atoms with van der Waals surface area (Å²) in [4.78, 5) is 30.6. The second-order valence-electron chi connectivity index (χ2n) is 6.28. The highest BCUT2D eigenvalue weighted by atomic mass is 16.4. The average Bonchev–Trinajstić information content (AvgIpc) is 3.21. The Bertz CT molecular complexity index is 864. The third kappa shape index (κ3) is 2.23. The first kappa shape index (κ1) is 14.0. The molecule has 23 heavy (non-hydrogen) atoms. The summed E-state index contributed by atoms with van der Waals surface area (Å²) >= 11 is 0. The van der Waals surface area contributed by atoms with Crippen molar-refractivity contribution >= 4 is 28.5 Å². The van der Waals surface area contributed by atoms with Crippen molar-refractivity contribution in [3.8, 4) is 0 Å². The number of fused-ring (bicyclic) bond motifs is 1. The number of aromatic nitrogens is 2. The van der Waals surface area contributed by atoms with Crippen LogP contribution in [0.15, 0.2) is 17.1 Å². The highest BCUT2D eigenvalue weighted by molar-refractivity contribution is 5.93. The van der Waals surface area contributed by atoms with Crippen LogP contribution in [0.25, 0.3) is 11.0 Å². The second kappa shape index (κ2) is 4.97. The van der Waals surface area contributed by atoms with E-state index in [0.717, 1.165) is 38.8 Å². The summed E-state index contributed by atoms with van der Waals surface area (Å²) in [6.45, 7) is 1.81. The van der Waals surface area contributed by atoms with E-state index in [9.17, 15) is 14.7 Å². The van der Waals surface area contributed by atoms with Gasteiger partial charge in [-0.2, -0.15) is 0 Å². The summed E-state index contributed by atoms with van der Waals surface area (Å²) < 4.78 is 1.83. The van der Waals surface area contributed by atoms with E-state index in [1.54, 1.807) is 6.07 Å². The number of carbonyl (C=O) groups is 1. The molecule has 0 aromatic carbocycles. The summed E-state index contributed by atoms with van der Waals surface area (Å²) in [7, 11) is 0. The molecule has 0 atom stereocenters. The number of hydrogen-bond donors (Lipinski definition) is 2. The van der Waals surface area contributed by atoms with Crippen LogP contribution in [0.4, 0.5) is 11.5 Å². The minimum absolute atomic E-state index is 0.221. The van der Waals surface area contributed by atoms with E-state index in [-0.39, 0.29) is 17.0 Å². The van der Waals surface area contributed by atoms with Gasteiger partial charge in [0, 0.05) is 25.3 Å². The van der Waals surface area contributed by atoms with Gasteiger partial charge in [0.1, 0.15) is 11.2 Å². The van der Waals surface area contributed by atoms with Gasteiger partial charge in [0.2, 0.25) is 5.43 Å². The highest BCUT2D eigenvalue weighted by Gasteiger charge is 2.28. The van der Waals surface area contributed by atoms with Crippen LogP contribution in [-0.4, -0.2) is 33.7 Å². The Morgan fingerprint density at radius 2 is 2.00 bits per heavy atom. The third-order valence-electron chi connectivity index (χ3n) is 4.59. The maximum Gasteiger partial charge on any atom is 0.341 e. The molecule has 2 aromatic rings. The molecule has 2 aromatic heterocycles. The topological polar surface area (TPSA) is 101 Å². The lowest BCUT2D eigenvalue weighted by Crippen LogP contribution is -2.23. The maximum absolute atomic E-state index is 12.4. The van der Waals surface area contributed by atoms with E-state index in [1.165, 1.54) is 6.20 Å². The monoisotopic (exact) mass is 314 g/mol. The molecule has 1 saturated carbocycles. The number of anilines is 2. The number of nitrogens with two attached hydrogens (primary N) is 1. The Morgan fingerprint density at radius 3 is 2.61 bits per heavy atom. The smallest absolute Gasteiger partial charge is 0.341 e. The minimum Gasteiger partial charge on any atom is -0.477 e. The molecule has 120 valence electrons. The van der Waals surface area contributed by atoms with Gasteiger partial charge in [-0.15, -0.1) is 0 Å². The van der Waals surface area contributed by atoms with E-state index in [1.807, 2.05) is 4.57 Å². The number of pyridine rings is 2. The molecular weight excluding hydrogens is 296 g/mol. The zero-order valence-corrected chi connectivity index (χ0v) is 12.7. The predicted molar refractivity (Wildman–Crippen MR) is 87.1 cm³/mol. The number of hydrogen-bond acceptors (Lipinski definition) is 5. The molecular formula is C16H18N4O3. The molecule has 1 saturated heterocycles. The fourth-order valence-corrected chi connectivity index (χ4v) is 3.24. The Morgan fingerprint density at radius 1 is 1.30 bits per heavy atom. The van der Waals surface area contributed by atoms with Gasteiger partial charge >= 0.3 is 5.97 Å². The van der Waals surface area contributed by atoms with Crippen LogP contribution in [0.1, 0.15) is 42.1 Å². The zero-order valence-electron chi connectivity index (χ0n) is 12.7. The van der Waals surface area contributed by atoms with Crippen LogP contribution in [0.2, 0.25) is 0 Å². The van der Waals surface area contributed by atoms with Gasteiger partial charge in [0.15, 0.2) is 5.82 Å². The van der Waals surface area contributed by atoms with Gasteiger partial charge in [-0.3, -0.25) is 4.79 Å². The molecule has 7 heteroatoms. The van der Waals surface area contributed by atoms with Crippen LogP contribution in [0.5, 0.6) is 0 Å². The SMILES string of the molecule is Nc1cc2c(=O)c(C(=O)O)cn(C3CC3)c2nc1N1CCCC1. The average molecular weight is 314 g/mol. The van der Waals surface area contributed by atoms with Crippen molar-refractivity contribution in [2.24, 2.45) is 0 Å². The van der Waals surface area contributed by atoms with Gasteiger partial charge in [0.05, 0.1) is 11.1 Å². The minimum atomic E-state index is -1.21. The Kier molecular flexibility index (Phi) is 3.04. The Labute approximate surface area is 132 Å². The van der Waals surface area contributed by atoms with Gasteiger partial charge in [-0.05, 0) is 31.7 Å². The molecule has 0 unspecified atom stereocenters. The fourth-order valence-electron chi connectivity index (χ4n) is 3.24. The standard InChI is InChI=1S/C16H18N4O3/c17-12-7-10-13(21)11(16(22)23)8-20(9-3-4-9)14(10)18-15(12)19-5-1-2-6-19/h7-9H,1-6,17H2,(H,22,23). The van der Waals surface area contributed by atoms with Crippen molar-refractivity contribution in [3.05, 3.63) is 28.0 Å². The van der Waals surface area contributed by atoms with E-state index < -0.39 is 11.4 Å². The second-order valence-corrected chi connectivity index (χ2v) is 6.28. The first-order valence-electron chi connectivity index (χ1n) is 7.90. The molecule has 7 nitrogen and oxygen atoms in total. The van der Waals surface area contributed by atoms with Gasteiger partial charge < -0.3 is 20.3 Å². The molecule has 0 amide bonds. The number of carboxylic acids is 1. The quantitative estimate of drug-likeness (QED) is 0.892. The normalized spacial score (nSPS) is 17.8. The summed E-state index contributed by atoms with van der Waals surface area (Å²) in [5, 5.41) is 9.56. The molecule has 1 aliphatic carbocycles. The van der Waals surface area contributed by atoms with E-state index in [4.69, 9.17) is 5.73 Å². The van der Waals surface area contributed by atoms with Crippen LogP contribution in [-0.2, 0) is 0 Å². The molecule has 3 heterocycles. The molecule has 0 bridgehead atoms. The molecule has 4 rings (SSSR count). The number of nitrogen functional groups attached to an aromatic ring is 1. The number of aromatic carboxylic acids is 1. The van der Waals surface area contributed by atoms with Gasteiger partial charge in [-0.25, -0.2) is 9.78 Å². The van der Waals surface area contributed by atoms with E-state index in [0.29, 0.717) is 17.2 Å². The molecule has 2 aliphatic rings. The Balaban J connectivity index is 2.00. The van der Waals surface area contributed by atoms with Crippen LogP contribution < -0.4 is 16.1 Å². The lowest BCUT2D eigenvalue weighted by molar-refractivity contribution is 0.0695. The summed E-state index contributed by atoms with van der Waals surface area (Å²) in [6, 6.07) is 1.81. The summed E-state index contributed by atoms with van der Waals surface area (Å²) in [5.41, 5.74) is 6.34. The molecule has 1 aliphatic heterocycles. The molecule has 3 N–H and O–H groups in total.